The van der Waals surface area contributed by atoms with Crippen LogP contribution in [0.3, 0.4) is 0 Å². The zero-order valence-corrected chi connectivity index (χ0v) is 11.4. The van der Waals surface area contributed by atoms with Gasteiger partial charge < -0.3 is 15.5 Å². The highest BCUT2D eigenvalue weighted by Gasteiger charge is 2.35. The lowest BCUT2D eigenvalue weighted by molar-refractivity contribution is -0.144. The van der Waals surface area contributed by atoms with E-state index in [0.29, 0.717) is 6.54 Å². The fourth-order valence-corrected chi connectivity index (χ4v) is 1.40. The maximum absolute atomic E-state index is 12.7. The second-order valence-electron chi connectivity index (χ2n) is 3.99. The molecule has 0 radical (unpaired) electrons. The first-order chi connectivity index (χ1) is 9.27. The molecule has 0 saturated carbocycles. The number of hydrogen-bond acceptors (Lipinski definition) is 5. The van der Waals surface area contributed by atoms with Crippen LogP contribution in [0.15, 0.2) is 6.07 Å². The Balaban J connectivity index is 3.11. The lowest BCUT2D eigenvalue weighted by atomic mass is 10.4. The molecule has 2 N–H and O–H groups in total. The summed E-state index contributed by atoms with van der Waals surface area (Å²) in [7, 11) is 2.93. The van der Waals surface area contributed by atoms with Crippen molar-refractivity contribution in [2.24, 2.45) is 0 Å². The molecule has 0 bridgehead atoms. The van der Waals surface area contributed by atoms with Crippen LogP contribution < -0.4 is 15.5 Å². The minimum Gasteiger partial charge on any atom is -0.370 e. The smallest absolute Gasteiger partial charge is 0.370 e. The third-order valence-electron chi connectivity index (χ3n) is 2.37. The van der Waals surface area contributed by atoms with E-state index in [2.05, 4.69) is 20.6 Å². The second-order valence-corrected chi connectivity index (χ2v) is 3.99. The van der Waals surface area contributed by atoms with E-state index in [1.165, 1.54) is 25.1 Å². The minimum absolute atomic E-state index is 0.0203. The Morgan fingerprint density at radius 3 is 2.55 bits per heavy atom. The van der Waals surface area contributed by atoms with Crippen molar-refractivity contribution in [3.63, 3.8) is 0 Å². The van der Waals surface area contributed by atoms with Crippen molar-refractivity contribution in [1.82, 2.24) is 15.3 Å². The Hall–Kier alpha value is -2.06. The molecule has 1 aromatic heterocycles. The number of carbonyl (C=O) groups is 1. The molecule has 0 aliphatic rings. The molecule has 0 fully saturated rings. The number of amides is 1. The summed E-state index contributed by atoms with van der Waals surface area (Å²) in [6.07, 6.45) is -4.64. The van der Waals surface area contributed by atoms with Gasteiger partial charge in [-0.2, -0.15) is 13.2 Å². The van der Waals surface area contributed by atoms with Crippen LogP contribution in [0.5, 0.6) is 0 Å². The summed E-state index contributed by atoms with van der Waals surface area (Å²) < 4.78 is 38.2. The zero-order chi connectivity index (χ0) is 15.3. The largest absolute Gasteiger partial charge is 0.451 e. The first-order valence-electron chi connectivity index (χ1n) is 5.89. The predicted molar refractivity (Wildman–Crippen MR) is 68.5 cm³/mol. The SMILES string of the molecule is CCNc1cc(N(C)CC(=O)NC)nc(C(F)(F)F)n1. The summed E-state index contributed by atoms with van der Waals surface area (Å²) in [5.41, 5.74) is 0. The third-order valence-corrected chi connectivity index (χ3v) is 2.37. The molecule has 112 valence electrons. The summed E-state index contributed by atoms with van der Waals surface area (Å²) in [5.74, 6) is -1.49. The van der Waals surface area contributed by atoms with Crippen LogP contribution in [0, 0.1) is 0 Å². The first-order valence-corrected chi connectivity index (χ1v) is 5.89. The van der Waals surface area contributed by atoms with Crippen LogP contribution in [0.25, 0.3) is 0 Å². The third kappa shape index (κ3) is 4.25. The number of nitrogens with one attached hydrogen (secondary N) is 2. The van der Waals surface area contributed by atoms with Gasteiger partial charge in [0.2, 0.25) is 11.7 Å². The number of carbonyl (C=O) groups excluding carboxylic acids is 1. The summed E-state index contributed by atoms with van der Waals surface area (Å²) in [6, 6.07) is 1.36. The molecule has 6 nitrogen and oxygen atoms in total. The van der Waals surface area contributed by atoms with Crippen LogP contribution >= 0.6 is 0 Å². The molecule has 0 aliphatic carbocycles. The number of halogens is 3. The quantitative estimate of drug-likeness (QED) is 0.850. The number of likely N-dealkylation sites (N-methyl/N-ethyl adjacent to an activating group) is 2. The lowest BCUT2D eigenvalue weighted by Gasteiger charge is -2.19. The summed E-state index contributed by atoms with van der Waals surface area (Å²) in [4.78, 5) is 19.4. The monoisotopic (exact) mass is 291 g/mol. The Kier molecular flexibility index (Phi) is 5.12. The molecule has 20 heavy (non-hydrogen) atoms. The highest BCUT2D eigenvalue weighted by molar-refractivity contribution is 5.80. The number of aromatic nitrogens is 2. The normalized spacial score (nSPS) is 11.1. The van der Waals surface area contributed by atoms with E-state index >= 15 is 0 Å². The van der Waals surface area contributed by atoms with E-state index in [4.69, 9.17) is 0 Å². The Bertz CT molecular complexity index is 478. The number of rotatable bonds is 5. The molecule has 1 aromatic rings. The average molecular weight is 291 g/mol. The molecule has 0 unspecified atom stereocenters. The van der Waals surface area contributed by atoms with Crippen LogP contribution in [0.1, 0.15) is 12.7 Å². The van der Waals surface area contributed by atoms with Crippen LogP contribution in [-0.2, 0) is 11.0 Å². The highest BCUT2D eigenvalue weighted by atomic mass is 19.4. The molecule has 1 heterocycles. The molecular weight excluding hydrogens is 275 g/mol. The summed E-state index contributed by atoms with van der Waals surface area (Å²) >= 11 is 0. The highest BCUT2D eigenvalue weighted by Crippen LogP contribution is 2.28. The van der Waals surface area contributed by atoms with Gasteiger partial charge in [0.25, 0.3) is 0 Å². The van der Waals surface area contributed by atoms with E-state index in [9.17, 15) is 18.0 Å². The van der Waals surface area contributed by atoms with E-state index in [0.717, 1.165) is 0 Å². The summed E-state index contributed by atoms with van der Waals surface area (Å²) in [5, 5.41) is 5.09. The molecule has 0 spiro atoms. The van der Waals surface area contributed by atoms with E-state index in [-0.39, 0.29) is 24.1 Å². The molecule has 0 aliphatic heterocycles. The van der Waals surface area contributed by atoms with Gasteiger partial charge in [0.05, 0.1) is 6.54 Å². The van der Waals surface area contributed by atoms with Crippen molar-refractivity contribution in [1.29, 1.82) is 0 Å². The maximum atomic E-state index is 12.7. The topological polar surface area (TPSA) is 70.2 Å². The Morgan fingerprint density at radius 1 is 1.40 bits per heavy atom. The Labute approximate surface area is 114 Å². The van der Waals surface area contributed by atoms with Crippen molar-refractivity contribution in [3.8, 4) is 0 Å². The van der Waals surface area contributed by atoms with Crippen LogP contribution in [-0.4, -0.2) is 43.1 Å². The first kappa shape index (κ1) is 16.0. The number of anilines is 2. The van der Waals surface area contributed by atoms with Crippen LogP contribution in [0.4, 0.5) is 24.8 Å². The number of nitrogens with zero attached hydrogens (tertiary/aromatic N) is 3. The van der Waals surface area contributed by atoms with E-state index < -0.39 is 12.0 Å². The fraction of sp³-hybridized carbons (Fsp3) is 0.545. The van der Waals surface area contributed by atoms with Gasteiger partial charge in [0.15, 0.2) is 0 Å². The lowest BCUT2D eigenvalue weighted by Crippen LogP contribution is -2.33. The van der Waals surface area contributed by atoms with Gasteiger partial charge >= 0.3 is 6.18 Å². The van der Waals surface area contributed by atoms with Crippen molar-refractivity contribution >= 4 is 17.5 Å². The average Bonchev–Trinajstić information content (AvgIpc) is 2.37. The van der Waals surface area contributed by atoms with Crippen LogP contribution in [0.2, 0.25) is 0 Å². The molecule has 0 saturated heterocycles. The van der Waals surface area contributed by atoms with Gasteiger partial charge in [-0.15, -0.1) is 0 Å². The minimum atomic E-state index is -4.64. The van der Waals surface area contributed by atoms with Crippen molar-refractivity contribution in [2.45, 2.75) is 13.1 Å². The van der Waals surface area contributed by atoms with E-state index in [1.807, 2.05) is 0 Å². The number of hydrogen-bond donors (Lipinski definition) is 2. The zero-order valence-electron chi connectivity index (χ0n) is 11.4. The van der Waals surface area contributed by atoms with Gasteiger partial charge in [0, 0.05) is 26.7 Å². The predicted octanol–water partition coefficient (Wildman–Crippen LogP) is 1.11. The van der Waals surface area contributed by atoms with Gasteiger partial charge in [-0.1, -0.05) is 0 Å². The van der Waals surface area contributed by atoms with Gasteiger partial charge in [0.1, 0.15) is 11.6 Å². The molecule has 1 amide bonds. The molecule has 9 heteroatoms. The standard InChI is InChI=1S/C11H16F3N5O/c1-4-16-7-5-8(19(3)6-9(20)15-2)18-10(17-7)11(12,13)14/h5H,4,6H2,1-3H3,(H,15,20)(H,16,17,18). The van der Waals surface area contributed by atoms with Crippen molar-refractivity contribution in [2.75, 3.05) is 37.4 Å². The second kappa shape index (κ2) is 6.40. The van der Waals surface area contributed by atoms with Gasteiger partial charge in [-0.3, -0.25) is 4.79 Å². The van der Waals surface area contributed by atoms with Crippen molar-refractivity contribution in [3.05, 3.63) is 11.9 Å². The molecule has 0 atom stereocenters. The van der Waals surface area contributed by atoms with Crippen molar-refractivity contribution < 1.29 is 18.0 Å². The maximum Gasteiger partial charge on any atom is 0.451 e. The number of alkyl halides is 3. The van der Waals surface area contributed by atoms with E-state index in [1.54, 1.807) is 6.92 Å². The van der Waals surface area contributed by atoms with Gasteiger partial charge in [-0.05, 0) is 6.92 Å². The van der Waals surface area contributed by atoms with Gasteiger partial charge in [-0.25, -0.2) is 9.97 Å². The summed E-state index contributed by atoms with van der Waals surface area (Å²) in [6.45, 7) is 2.06. The molecule has 1 rings (SSSR count). The Morgan fingerprint density at radius 2 is 2.05 bits per heavy atom. The fourth-order valence-electron chi connectivity index (χ4n) is 1.40. The molecule has 0 aromatic carbocycles. The molecular formula is C11H16F3N5O.